The van der Waals surface area contributed by atoms with Crippen LogP contribution in [0.25, 0.3) is 11.4 Å². The molecular weight excluding hydrogens is 306 g/mol. The summed E-state index contributed by atoms with van der Waals surface area (Å²) in [6.45, 7) is 3.98. The third-order valence-electron chi connectivity index (χ3n) is 4.34. The summed E-state index contributed by atoms with van der Waals surface area (Å²) in [6.07, 6.45) is 5.72. The fourth-order valence-corrected chi connectivity index (χ4v) is 3.16. The van der Waals surface area contributed by atoms with E-state index < -0.39 is 0 Å². The molecule has 3 rings (SSSR count). The maximum atomic E-state index is 12.5. The van der Waals surface area contributed by atoms with Crippen LogP contribution < -0.4 is 9.47 Å². The Kier molecular flexibility index (Phi) is 4.74. The fraction of sp³-hybridized carbons (Fsp3) is 0.444. The normalized spacial score (nSPS) is 14.0. The highest BCUT2D eigenvalue weighted by molar-refractivity contribution is 5.78. The molecule has 6 nitrogen and oxygen atoms in total. The number of ether oxygens (including phenoxy) is 2. The Bertz CT molecular complexity index is 733. The molecule has 2 aromatic rings. The predicted octanol–water partition coefficient (Wildman–Crippen LogP) is 2.50. The van der Waals surface area contributed by atoms with E-state index >= 15 is 0 Å². The van der Waals surface area contributed by atoms with E-state index in [0.717, 1.165) is 37.1 Å². The Balaban J connectivity index is 1.95. The van der Waals surface area contributed by atoms with Crippen molar-refractivity contribution in [3.8, 4) is 22.9 Å². The highest BCUT2D eigenvalue weighted by Crippen LogP contribution is 2.38. The van der Waals surface area contributed by atoms with E-state index in [2.05, 4.69) is 4.98 Å². The first-order valence-corrected chi connectivity index (χ1v) is 8.16. The minimum Gasteiger partial charge on any atom is -0.493 e. The SMILES string of the molecule is COc1cc(C)cc(-c2nccn2CC(=O)N2CCCC2)c1OC. The Hall–Kier alpha value is -2.50. The number of rotatable bonds is 5. The van der Waals surface area contributed by atoms with E-state index in [0.29, 0.717) is 17.3 Å². The summed E-state index contributed by atoms with van der Waals surface area (Å²) in [7, 11) is 3.23. The van der Waals surface area contributed by atoms with Gasteiger partial charge in [-0.3, -0.25) is 4.79 Å². The average Bonchev–Trinajstić information content (AvgIpc) is 3.25. The lowest BCUT2D eigenvalue weighted by Crippen LogP contribution is -2.31. The second-order valence-corrected chi connectivity index (χ2v) is 6.01. The van der Waals surface area contributed by atoms with Crippen molar-refractivity contribution in [1.29, 1.82) is 0 Å². The maximum Gasteiger partial charge on any atom is 0.242 e. The van der Waals surface area contributed by atoms with E-state index in [1.54, 1.807) is 20.4 Å². The molecule has 0 atom stereocenters. The van der Waals surface area contributed by atoms with Gasteiger partial charge in [-0.1, -0.05) is 0 Å². The van der Waals surface area contributed by atoms with Crippen LogP contribution in [0.1, 0.15) is 18.4 Å². The van der Waals surface area contributed by atoms with Crippen molar-refractivity contribution in [2.24, 2.45) is 0 Å². The standard InChI is InChI=1S/C18H23N3O3/c1-13-10-14(17(24-3)15(11-13)23-2)18-19-6-9-21(18)12-16(22)20-7-4-5-8-20/h6,9-11H,4-5,7-8,12H2,1-3H3. The number of hydrogen-bond donors (Lipinski definition) is 0. The van der Waals surface area contributed by atoms with Crippen LogP contribution in [0.15, 0.2) is 24.5 Å². The third-order valence-corrected chi connectivity index (χ3v) is 4.34. The van der Waals surface area contributed by atoms with Gasteiger partial charge in [0.2, 0.25) is 5.91 Å². The molecule has 1 aliphatic heterocycles. The predicted molar refractivity (Wildman–Crippen MR) is 91.3 cm³/mol. The van der Waals surface area contributed by atoms with E-state index in [1.807, 2.05) is 34.7 Å². The molecule has 0 spiro atoms. The van der Waals surface area contributed by atoms with Crippen molar-refractivity contribution in [1.82, 2.24) is 14.5 Å². The molecule has 1 saturated heterocycles. The molecule has 1 aliphatic rings. The molecule has 6 heteroatoms. The summed E-state index contributed by atoms with van der Waals surface area (Å²) in [5.41, 5.74) is 1.87. The number of likely N-dealkylation sites (tertiary alicyclic amines) is 1. The average molecular weight is 329 g/mol. The maximum absolute atomic E-state index is 12.5. The van der Waals surface area contributed by atoms with Crippen LogP contribution in [-0.4, -0.2) is 47.7 Å². The lowest BCUT2D eigenvalue weighted by molar-refractivity contribution is -0.130. The monoisotopic (exact) mass is 329 g/mol. The molecule has 0 bridgehead atoms. The number of amides is 1. The van der Waals surface area contributed by atoms with E-state index in [1.165, 1.54) is 0 Å². The molecule has 24 heavy (non-hydrogen) atoms. The van der Waals surface area contributed by atoms with Gasteiger partial charge in [0, 0.05) is 25.5 Å². The van der Waals surface area contributed by atoms with E-state index in [9.17, 15) is 4.79 Å². The van der Waals surface area contributed by atoms with Crippen molar-refractivity contribution in [2.45, 2.75) is 26.3 Å². The van der Waals surface area contributed by atoms with Gasteiger partial charge in [0.1, 0.15) is 12.4 Å². The molecule has 1 aromatic carbocycles. The number of benzene rings is 1. The summed E-state index contributed by atoms with van der Waals surface area (Å²) in [4.78, 5) is 18.8. The first-order valence-electron chi connectivity index (χ1n) is 8.16. The van der Waals surface area contributed by atoms with Gasteiger partial charge in [-0.05, 0) is 37.5 Å². The first-order chi connectivity index (χ1) is 11.6. The first kappa shape index (κ1) is 16.4. The molecule has 2 heterocycles. The number of imidazole rings is 1. The van der Waals surface area contributed by atoms with Crippen LogP contribution in [0.2, 0.25) is 0 Å². The summed E-state index contributed by atoms with van der Waals surface area (Å²) < 4.78 is 12.8. The zero-order valence-electron chi connectivity index (χ0n) is 14.4. The topological polar surface area (TPSA) is 56.6 Å². The minimum absolute atomic E-state index is 0.130. The number of hydrogen-bond acceptors (Lipinski definition) is 4. The molecule has 1 amide bonds. The lowest BCUT2D eigenvalue weighted by atomic mass is 10.1. The second kappa shape index (κ2) is 6.95. The molecule has 0 aliphatic carbocycles. The number of nitrogens with zero attached hydrogens (tertiary/aromatic N) is 3. The lowest BCUT2D eigenvalue weighted by Gasteiger charge is -2.18. The van der Waals surface area contributed by atoms with Crippen LogP contribution in [0.4, 0.5) is 0 Å². The van der Waals surface area contributed by atoms with E-state index in [4.69, 9.17) is 9.47 Å². The van der Waals surface area contributed by atoms with E-state index in [-0.39, 0.29) is 12.5 Å². The number of carbonyl (C=O) groups is 1. The molecule has 1 aromatic heterocycles. The molecule has 0 N–H and O–H groups in total. The van der Waals surface area contributed by atoms with Gasteiger partial charge in [0.05, 0.1) is 19.8 Å². The summed E-state index contributed by atoms with van der Waals surface area (Å²) in [5, 5.41) is 0. The summed E-state index contributed by atoms with van der Waals surface area (Å²) in [5.74, 6) is 2.13. The Labute approximate surface area is 142 Å². The molecular formula is C18H23N3O3. The van der Waals surface area contributed by atoms with Crippen molar-refractivity contribution in [3.63, 3.8) is 0 Å². The number of carbonyl (C=O) groups excluding carboxylic acids is 1. The van der Waals surface area contributed by atoms with Gasteiger partial charge in [-0.2, -0.15) is 0 Å². The largest absolute Gasteiger partial charge is 0.493 e. The van der Waals surface area contributed by atoms with Crippen molar-refractivity contribution in [3.05, 3.63) is 30.1 Å². The van der Waals surface area contributed by atoms with Gasteiger partial charge in [0.15, 0.2) is 11.5 Å². The van der Waals surface area contributed by atoms with Crippen molar-refractivity contribution in [2.75, 3.05) is 27.3 Å². The number of aromatic nitrogens is 2. The van der Waals surface area contributed by atoms with Gasteiger partial charge in [-0.25, -0.2) is 4.98 Å². The van der Waals surface area contributed by atoms with Gasteiger partial charge in [-0.15, -0.1) is 0 Å². The second-order valence-electron chi connectivity index (χ2n) is 6.01. The molecule has 128 valence electrons. The van der Waals surface area contributed by atoms with Crippen LogP contribution in [0.5, 0.6) is 11.5 Å². The fourth-order valence-electron chi connectivity index (χ4n) is 3.16. The number of methoxy groups -OCH3 is 2. The van der Waals surface area contributed by atoms with Crippen molar-refractivity contribution >= 4 is 5.91 Å². The zero-order chi connectivity index (χ0) is 17.1. The highest BCUT2D eigenvalue weighted by Gasteiger charge is 2.21. The van der Waals surface area contributed by atoms with Crippen LogP contribution in [-0.2, 0) is 11.3 Å². The molecule has 0 saturated carbocycles. The van der Waals surface area contributed by atoms with Crippen LogP contribution in [0, 0.1) is 6.92 Å². The van der Waals surface area contributed by atoms with Gasteiger partial charge < -0.3 is 18.9 Å². The summed E-state index contributed by atoms with van der Waals surface area (Å²) in [6, 6.07) is 3.92. The number of aryl methyl sites for hydroxylation is 1. The molecule has 0 unspecified atom stereocenters. The van der Waals surface area contributed by atoms with Crippen LogP contribution >= 0.6 is 0 Å². The smallest absolute Gasteiger partial charge is 0.242 e. The highest BCUT2D eigenvalue weighted by atomic mass is 16.5. The quantitative estimate of drug-likeness (QED) is 0.846. The zero-order valence-corrected chi connectivity index (χ0v) is 14.4. The minimum atomic E-state index is 0.130. The van der Waals surface area contributed by atoms with Crippen molar-refractivity contribution < 1.29 is 14.3 Å². The van der Waals surface area contributed by atoms with Gasteiger partial charge in [0.25, 0.3) is 0 Å². The Morgan fingerprint density at radius 2 is 1.96 bits per heavy atom. The van der Waals surface area contributed by atoms with Crippen LogP contribution in [0.3, 0.4) is 0 Å². The third kappa shape index (κ3) is 3.09. The summed E-state index contributed by atoms with van der Waals surface area (Å²) >= 11 is 0. The molecule has 0 radical (unpaired) electrons. The molecule has 1 fully saturated rings. The Morgan fingerprint density at radius 1 is 1.21 bits per heavy atom. The Morgan fingerprint density at radius 3 is 2.62 bits per heavy atom. The van der Waals surface area contributed by atoms with Gasteiger partial charge >= 0.3 is 0 Å².